The van der Waals surface area contributed by atoms with Crippen molar-refractivity contribution in [2.24, 2.45) is 0 Å². The number of anilines is 1. The number of carbonyl (C=O) groups is 2. The summed E-state index contributed by atoms with van der Waals surface area (Å²) in [5.41, 5.74) is 3.66. The highest BCUT2D eigenvalue weighted by Gasteiger charge is 2.30. The van der Waals surface area contributed by atoms with Crippen LogP contribution in [0.4, 0.5) is 10.6 Å². The third-order valence-electron chi connectivity index (χ3n) is 6.75. The van der Waals surface area contributed by atoms with E-state index in [2.05, 4.69) is 39.5 Å². The number of rotatable bonds is 6. The Morgan fingerprint density at radius 1 is 0.921 bits per heavy atom. The molecule has 1 saturated heterocycles. The number of carbonyl (C=O) groups excluding carboxylic acids is 2. The lowest BCUT2D eigenvalue weighted by atomic mass is 10.1. The van der Waals surface area contributed by atoms with Gasteiger partial charge in [0.15, 0.2) is 5.82 Å². The van der Waals surface area contributed by atoms with Crippen LogP contribution in [0, 0.1) is 6.92 Å². The molecule has 8 heteroatoms. The highest BCUT2D eigenvalue weighted by Crippen LogP contribution is 2.22. The van der Waals surface area contributed by atoms with Gasteiger partial charge in [-0.3, -0.25) is 4.79 Å². The summed E-state index contributed by atoms with van der Waals surface area (Å²) in [6, 6.07) is 21.5. The number of nitrogens with zero attached hydrogens (tertiary/aromatic N) is 5. The quantitative estimate of drug-likeness (QED) is 0.517. The highest BCUT2D eigenvalue weighted by molar-refractivity contribution is 5.85. The van der Waals surface area contributed by atoms with Crippen molar-refractivity contribution in [1.82, 2.24) is 25.3 Å². The predicted octanol–water partition coefficient (Wildman–Crippen LogP) is 4.67. The first-order valence-corrected chi connectivity index (χ1v) is 13.2. The first-order valence-electron chi connectivity index (χ1n) is 13.2. The van der Waals surface area contributed by atoms with Crippen LogP contribution in [0.1, 0.15) is 44.9 Å². The maximum Gasteiger partial charge on any atom is 0.318 e. The van der Waals surface area contributed by atoms with E-state index in [-0.39, 0.29) is 24.5 Å². The molecule has 3 aromatic rings. The van der Waals surface area contributed by atoms with Gasteiger partial charge in [-0.05, 0) is 52.3 Å². The second-order valence-electron chi connectivity index (χ2n) is 10.9. The van der Waals surface area contributed by atoms with Gasteiger partial charge in [0.25, 0.3) is 0 Å². The molecule has 2 aromatic carbocycles. The highest BCUT2D eigenvalue weighted by atomic mass is 16.2. The fourth-order valence-corrected chi connectivity index (χ4v) is 4.49. The lowest BCUT2D eigenvalue weighted by Gasteiger charge is -2.38. The largest absolute Gasteiger partial charge is 0.352 e. The minimum atomic E-state index is -0.406. The van der Waals surface area contributed by atoms with Gasteiger partial charge in [0.2, 0.25) is 5.91 Å². The first-order chi connectivity index (χ1) is 18.1. The summed E-state index contributed by atoms with van der Waals surface area (Å²) >= 11 is 0. The van der Waals surface area contributed by atoms with Gasteiger partial charge in [-0.1, -0.05) is 60.2 Å². The average molecular weight is 515 g/mol. The molecule has 38 heavy (non-hydrogen) atoms. The Balaban J connectivity index is 1.38. The van der Waals surface area contributed by atoms with Crippen molar-refractivity contribution >= 4 is 17.8 Å². The Bertz CT molecular complexity index is 1210. The number of hydrogen-bond donors (Lipinski definition) is 1. The number of urea groups is 1. The number of piperazine rings is 1. The molecule has 1 N–H and O–H groups in total. The van der Waals surface area contributed by atoms with Gasteiger partial charge < -0.3 is 20.0 Å². The first kappa shape index (κ1) is 27.1. The average Bonchev–Trinajstić information content (AvgIpc) is 2.91. The van der Waals surface area contributed by atoms with E-state index in [0.717, 1.165) is 22.6 Å². The second kappa shape index (κ2) is 11.6. The second-order valence-corrected chi connectivity index (χ2v) is 10.9. The van der Waals surface area contributed by atoms with Crippen molar-refractivity contribution in [2.45, 2.75) is 46.2 Å². The van der Waals surface area contributed by atoms with Crippen molar-refractivity contribution in [3.8, 4) is 11.3 Å². The van der Waals surface area contributed by atoms with Gasteiger partial charge in [0.05, 0.1) is 11.7 Å². The summed E-state index contributed by atoms with van der Waals surface area (Å²) in [7, 11) is 0. The number of aryl methyl sites for hydroxylation is 1. The molecule has 1 aliphatic rings. The predicted molar refractivity (Wildman–Crippen MR) is 151 cm³/mol. The lowest BCUT2D eigenvalue weighted by molar-refractivity contribution is -0.132. The number of amides is 3. The van der Waals surface area contributed by atoms with Crippen molar-refractivity contribution in [3.05, 3.63) is 77.9 Å². The smallest absolute Gasteiger partial charge is 0.318 e. The van der Waals surface area contributed by atoms with E-state index in [4.69, 9.17) is 0 Å². The van der Waals surface area contributed by atoms with Gasteiger partial charge in [-0.2, -0.15) is 0 Å². The molecule has 0 saturated carbocycles. The van der Waals surface area contributed by atoms with Crippen LogP contribution in [0.5, 0.6) is 0 Å². The van der Waals surface area contributed by atoms with E-state index in [0.29, 0.717) is 26.2 Å². The zero-order chi connectivity index (χ0) is 27.3. The maximum atomic E-state index is 13.3. The topological polar surface area (TPSA) is 81.7 Å². The summed E-state index contributed by atoms with van der Waals surface area (Å²) in [6.07, 6.45) is 0. The SMILES string of the molecule is Cc1ccc(-c2ccc(N3CCN(C(=O)CN(C(=O)NC(C)(C)C)[C@@H](C)c4ccccc4)CC3)nn2)cc1. The number of benzene rings is 2. The maximum absolute atomic E-state index is 13.3. The Kier molecular flexibility index (Phi) is 8.29. The molecule has 0 aliphatic carbocycles. The van der Waals surface area contributed by atoms with Crippen molar-refractivity contribution < 1.29 is 9.59 Å². The van der Waals surface area contributed by atoms with Crippen LogP contribution < -0.4 is 10.2 Å². The Hall–Kier alpha value is -3.94. The zero-order valence-corrected chi connectivity index (χ0v) is 23.0. The summed E-state index contributed by atoms with van der Waals surface area (Å²) in [5.74, 6) is 0.745. The zero-order valence-electron chi connectivity index (χ0n) is 23.0. The molecular formula is C30H38N6O2. The van der Waals surface area contributed by atoms with Gasteiger partial charge in [0.1, 0.15) is 6.54 Å². The molecule has 200 valence electrons. The molecule has 8 nitrogen and oxygen atoms in total. The van der Waals surface area contributed by atoms with Gasteiger partial charge in [-0.15, -0.1) is 10.2 Å². The number of aromatic nitrogens is 2. The van der Waals surface area contributed by atoms with Crippen molar-refractivity contribution in [3.63, 3.8) is 0 Å². The van der Waals surface area contributed by atoms with Crippen LogP contribution in [0.25, 0.3) is 11.3 Å². The third-order valence-corrected chi connectivity index (χ3v) is 6.75. The molecule has 0 spiro atoms. The van der Waals surface area contributed by atoms with Crippen LogP contribution in [0.15, 0.2) is 66.7 Å². The van der Waals surface area contributed by atoms with E-state index in [9.17, 15) is 9.59 Å². The van der Waals surface area contributed by atoms with Crippen LogP contribution in [-0.4, -0.2) is 70.2 Å². The van der Waals surface area contributed by atoms with Crippen LogP contribution in [-0.2, 0) is 4.79 Å². The fourth-order valence-electron chi connectivity index (χ4n) is 4.49. The summed E-state index contributed by atoms with van der Waals surface area (Å²) < 4.78 is 0. The molecule has 3 amide bonds. The van der Waals surface area contributed by atoms with E-state index in [1.807, 2.05) is 87.2 Å². The standard InChI is InChI=1S/C30H38N6O2/c1-22-11-13-25(14-12-22)26-15-16-27(33-32-26)34-17-19-35(20-18-34)28(37)21-36(29(38)31-30(3,4)5)23(2)24-9-7-6-8-10-24/h6-16,23H,17-21H2,1-5H3,(H,31,38)/t23-/m0/s1. The minimum Gasteiger partial charge on any atom is -0.352 e. The third kappa shape index (κ3) is 6.88. The lowest BCUT2D eigenvalue weighted by Crippen LogP contribution is -2.55. The normalized spacial score (nSPS) is 14.7. The Labute approximate surface area is 225 Å². The van der Waals surface area contributed by atoms with Gasteiger partial charge >= 0.3 is 6.03 Å². The van der Waals surface area contributed by atoms with Gasteiger partial charge in [-0.25, -0.2) is 4.79 Å². The molecule has 4 rings (SSSR count). The van der Waals surface area contributed by atoms with Crippen molar-refractivity contribution in [2.75, 3.05) is 37.6 Å². The van der Waals surface area contributed by atoms with Crippen LogP contribution in [0.2, 0.25) is 0 Å². The fraction of sp³-hybridized carbons (Fsp3) is 0.400. The molecule has 1 fully saturated rings. The summed E-state index contributed by atoms with van der Waals surface area (Å²) in [4.78, 5) is 32.1. The van der Waals surface area contributed by atoms with E-state index in [1.54, 1.807) is 4.90 Å². The van der Waals surface area contributed by atoms with E-state index < -0.39 is 5.54 Å². The minimum absolute atomic E-state index is 0.0169. The summed E-state index contributed by atoms with van der Waals surface area (Å²) in [6.45, 7) is 12.3. The number of nitrogens with one attached hydrogen (secondary N) is 1. The Morgan fingerprint density at radius 3 is 2.16 bits per heavy atom. The molecule has 0 radical (unpaired) electrons. The molecule has 1 aliphatic heterocycles. The molecule has 0 bridgehead atoms. The number of hydrogen-bond acceptors (Lipinski definition) is 5. The van der Waals surface area contributed by atoms with Crippen molar-refractivity contribution in [1.29, 1.82) is 0 Å². The molecule has 1 atom stereocenters. The van der Waals surface area contributed by atoms with E-state index >= 15 is 0 Å². The molecular weight excluding hydrogens is 476 g/mol. The Morgan fingerprint density at radius 2 is 1.58 bits per heavy atom. The van der Waals surface area contributed by atoms with Crippen LogP contribution in [0.3, 0.4) is 0 Å². The monoisotopic (exact) mass is 514 g/mol. The molecule has 2 heterocycles. The summed E-state index contributed by atoms with van der Waals surface area (Å²) in [5, 5.41) is 11.9. The van der Waals surface area contributed by atoms with Gasteiger partial charge in [0, 0.05) is 37.3 Å². The van der Waals surface area contributed by atoms with E-state index in [1.165, 1.54) is 5.56 Å². The van der Waals surface area contributed by atoms with Crippen LogP contribution >= 0.6 is 0 Å². The molecule has 1 aromatic heterocycles. The molecule has 0 unspecified atom stereocenters.